The Morgan fingerprint density at radius 1 is 1.42 bits per heavy atom. The van der Waals surface area contributed by atoms with Gasteiger partial charge in [-0.15, -0.1) is 0 Å². The van der Waals surface area contributed by atoms with Crippen molar-refractivity contribution in [3.8, 4) is 0 Å². The fourth-order valence-electron chi connectivity index (χ4n) is 0.731. The van der Waals surface area contributed by atoms with Crippen LogP contribution in [0.25, 0.3) is 0 Å². The Bertz CT molecular complexity index is 170. The van der Waals surface area contributed by atoms with Gasteiger partial charge in [-0.1, -0.05) is 0 Å². The average molecular weight is 173 g/mol. The molecule has 5 nitrogen and oxygen atoms in total. The number of carbonyl (C=O) groups excluding carboxylic acids is 2. The molecule has 0 aromatic rings. The summed E-state index contributed by atoms with van der Waals surface area (Å²) >= 11 is 0. The molecule has 12 heavy (non-hydrogen) atoms. The van der Waals surface area contributed by atoms with E-state index in [-0.39, 0.29) is 18.5 Å². The van der Waals surface area contributed by atoms with E-state index in [0.717, 1.165) is 0 Å². The number of hydrogen-bond acceptors (Lipinski definition) is 2. The molecule has 5 heteroatoms. The van der Waals surface area contributed by atoms with Crippen LogP contribution in [0, 0.1) is 0 Å². The number of nitrogens with one attached hydrogen (secondary N) is 2. The van der Waals surface area contributed by atoms with Crippen molar-refractivity contribution in [2.75, 3.05) is 27.2 Å². The van der Waals surface area contributed by atoms with Crippen molar-refractivity contribution >= 4 is 11.9 Å². The van der Waals surface area contributed by atoms with Gasteiger partial charge in [-0.2, -0.15) is 0 Å². The molecule has 0 saturated heterocycles. The summed E-state index contributed by atoms with van der Waals surface area (Å²) in [5.74, 6) is -0.149. The monoisotopic (exact) mass is 173 g/mol. The largest absolute Gasteiger partial charge is 0.355 e. The number of hydrogen-bond donors (Lipinski definition) is 2. The maximum Gasteiger partial charge on any atom is 0.317 e. The van der Waals surface area contributed by atoms with E-state index in [1.165, 1.54) is 11.9 Å². The van der Waals surface area contributed by atoms with Gasteiger partial charge in [-0.3, -0.25) is 4.79 Å². The maximum atomic E-state index is 10.9. The highest BCUT2D eigenvalue weighted by atomic mass is 16.2. The van der Waals surface area contributed by atoms with Crippen molar-refractivity contribution < 1.29 is 9.59 Å². The van der Waals surface area contributed by atoms with Crippen LogP contribution < -0.4 is 10.6 Å². The van der Waals surface area contributed by atoms with Gasteiger partial charge in [0.2, 0.25) is 5.91 Å². The Morgan fingerprint density at radius 3 is 2.42 bits per heavy atom. The van der Waals surface area contributed by atoms with Gasteiger partial charge >= 0.3 is 6.03 Å². The van der Waals surface area contributed by atoms with Crippen LogP contribution >= 0.6 is 0 Å². The van der Waals surface area contributed by atoms with Gasteiger partial charge in [0.25, 0.3) is 0 Å². The Kier molecular flexibility index (Phi) is 4.83. The summed E-state index contributed by atoms with van der Waals surface area (Å²) in [5, 5.41) is 5.01. The van der Waals surface area contributed by atoms with Gasteiger partial charge in [0.05, 0.1) is 0 Å². The summed E-state index contributed by atoms with van der Waals surface area (Å²) in [6.45, 7) is 2.51. The van der Waals surface area contributed by atoms with E-state index in [2.05, 4.69) is 10.6 Å². The van der Waals surface area contributed by atoms with E-state index in [0.29, 0.717) is 6.54 Å². The summed E-state index contributed by atoms with van der Waals surface area (Å²) in [7, 11) is 3.09. The van der Waals surface area contributed by atoms with Gasteiger partial charge in [-0.25, -0.2) is 4.79 Å². The third-order valence-electron chi connectivity index (χ3n) is 1.32. The first kappa shape index (κ1) is 10.7. The quantitative estimate of drug-likeness (QED) is 0.598. The molecule has 0 radical (unpaired) electrons. The van der Waals surface area contributed by atoms with Crippen LogP contribution in [0.4, 0.5) is 4.79 Å². The van der Waals surface area contributed by atoms with Gasteiger partial charge in [0.15, 0.2) is 0 Å². The molecule has 2 N–H and O–H groups in total. The molecule has 0 aliphatic carbocycles. The molecule has 0 unspecified atom stereocenters. The highest BCUT2D eigenvalue weighted by Gasteiger charge is 2.09. The van der Waals surface area contributed by atoms with Crippen LogP contribution in [0.2, 0.25) is 0 Å². The van der Waals surface area contributed by atoms with Gasteiger partial charge in [-0.05, 0) is 6.92 Å². The fraction of sp³-hybridized carbons (Fsp3) is 0.714. The number of carbonyl (C=O) groups is 2. The van der Waals surface area contributed by atoms with Crippen molar-refractivity contribution in [3.05, 3.63) is 0 Å². The van der Waals surface area contributed by atoms with Crippen LogP contribution in [-0.2, 0) is 4.79 Å². The lowest BCUT2D eigenvalue weighted by atomic mass is 10.5. The van der Waals surface area contributed by atoms with Crippen molar-refractivity contribution in [3.63, 3.8) is 0 Å². The first-order valence-electron chi connectivity index (χ1n) is 3.81. The minimum atomic E-state index is -0.263. The van der Waals surface area contributed by atoms with E-state index >= 15 is 0 Å². The van der Waals surface area contributed by atoms with Gasteiger partial charge in [0.1, 0.15) is 6.54 Å². The summed E-state index contributed by atoms with van der Waals surface area (Å²) in [5.41, 5.74) is 0. The number of likely N-dealkylation sites (N-methyl/N-ethyl adjacent to an activating group) is 2. The summed E-state index contributed by atoms with van der Waals surface area (Å²) in [6, 6.07) is -0.263. The van der Waals surface area contributed by atoms with Crippen molar-refractivity contribution in [1.29, 1.82) is 0 Å². The summed E-state index contributed by atoms with van der Waals surface area (Å²) < 4.78 is 0. The molecule has 0 aliphatic rings. The molecule has 0 aromatic carbocycles. The zero-order valence-electron chi connectivity index (χ0n) is 7.68. The zero-order chi connectivity index (χ0) is 9.56. The fourth-order valence-corrected chi connectivity index (χ4v) is 0.731. The lowest BCUT2D eigenvalue weighted by molar-refractivity contribution is -0.121. The van der Waals surface area contributed by atoms with Crippen molar-refractivity contribution in [2.24, 2.45) is 0 Å². The van der Waals surface area contributed by atoms with E-state index in [1.54, 1.807) is 7.05 Å². The smallest absolute Gasteiger partial charge is 0.317 e. The standard InChI is InChI=1S/C7H15N3O2/c1-4-9-6(11)5-10(3)7(12)8-2/h4-5H2,1-3H3,(H,8,12)(H,9,11). The molecule has 0 spiro atoms. The summed E-state index contributed by atoms with van der Waals surface area (Å²) in [4.78, 5) is 23.1. The maximum absolute atomic E-state index is 10.9. The number of rotatable bonds is 3. The van der Waals surface area contributed by atoms with E-state index in [9.17, 15) is 9.59 Å². The molecule has 0 rings (SSSR count). The topological polar surface area (TPSA) is 61.4 Å². The predicted molar refractivity (Wildman–Crippen MR) is 45.8 cm³/mol. The Labute approximate surface area is 72.1 Å². The van der Waals surface area contributed by atoms with Gasteiger partial charge < -0.3 is 15.5 Å². The van der Waals surface area contributed by atoms with Crippen LogP contribution in [0.5, 0.6) is 0 Å². The van der Waals surface area contributed by atoms with Crippen LogP contribution in [0.3, 0.4) is 0 Å². The average Bonchev–Trinajstić information content (AvgIpc) is 2.03. The van der Waals surface area contributed by atoms with E-state index in [1.807, 2.05) is 6.92 Å². The lowest BCUT2D eigenvalue weighted by Crippen LogP contribution is -2.42. The summed E-state index contributed by atoms with van der Waals surface area (Å²) in [6.07, 6.45) is 0. The minimum absolute atomic E-state index is 0.0908. The third kappa shape index (κ3) is 3.80. The van der Waals surface area contributed by atoms with Crippen LogP contribution in [0.15, 0.2) is 0 Å². The molecule has 0 aromatic heterocycles. The molecule has 0 heterocycles. The Hall–Kier alpha value is -1.26. The molecular weight excluding hydrogens is 158 g/mol. The highest BCUT2D eigenvalue weighted by molar-refractivity contribution is 5.83. The van der Waals surface area contributed by atoms with Gasteiger partial charge in [0, 0.05) is 20.6 Å². The molecule has 0 atom stereocenters. The second-order valence-electron chi connectivity index (χ2n) is 2.36. The second kappa shape index (κ2) is 5.40. The molecule has 0 fully saturated rings. The Balaban J connectivity index is 3.75. The number of urea groups is 1. The zero-order valence-corrected chi connectivity index (χ0v) is 7.68. The molecular formula is C7H15N3O2. The molecule has 3 amide bonds. The Morgan fingerprint density at radius 2 is 2.00 bits per heavy atom. The SMILES string of the molecule is CCNC(=O)CN(C)C(=O)NC. The highest BCUT2D eigenvalue weighted by Crippen LogP contribution is 1.82. The van der Waals surface area contributed by atoms with E-state index < -0.39 is 0 Å². The van der Waals surface area contributed by atoms with E-state index in [4.69, 9.17) is 0 Å². The number of nitrogens with zero attached hydrogens (tertiary/aromatic N) is 1. The first-order chi connectivity index (χ1) is 5.61. The predicted octanol–water partition coefficient (Wildman–Crippen LogP) is -0.606. The second-order valence-corrected chi connectivity index (χ2v) is 2.36. The molecule has 0 saturated carbocycles. The van der Waals surface area contributed by atoms with Crippen molar-refractivity contribution in [2.45, 2.75) is 6.92 Å². The minimum Gasteiger partial charge on any atom is -0.355 e. The van der Waals surface area contributed by atoms with Crippen molar-refractivity contribution in [1.82, 2.24) is 15.5 Å². The molecule has 70 valence electrons. The number of amides is 3. The molecule has 0 bridgehead atoms. The first-order valence-corrected chi connectivity index (χ1v) is 3.81. The lowest BCUT2D eigenvalue weighted by Gasteiger charge is -2.15. The third-order valence-corrected chi connectivity index (χ3v) is 1.32. The van der Waals surface area contributed by atoms with Crippen LogP contribution in [-0.4, -0.2) is 44.0 Å². The normalized spacial score (nSPS) is 8.92. The van der Waals surface area contributed by atoms with Crippen LogP contribution in [0.1, 0.15) is 6.92 Å². The molecule has 0 aliphatic heterocycles.